The second kappa shape index (κ2) is 8.31. The lowest BCUT2D eigenvalue weighted by molar-refractivity contribution is -0.118. The van der Waals surface area contributed by atoms with Gasteiger partial charge in [0.15, 0.2) is 6.61 Å². The predicted octanol–water partition coefficient (Wildman–Crippen LogP) is 3.43. The van der Waals surface area contributed by atoms with Gasteiger partial charge in [-0.1, -0.05) is 18.2 Å². The van der Waals surface area contributed by atoms with Crippen LogP contribution in [-0.4, -0.2) is 25.1 Å². The first-order valence-corrected chi connectivity index (χ1v) is 8.48. The topological polar surface area (TPSA) is 88.4 Å². The van der Waals surface area contributed by atoms with Gasteiger partial charge in [-0.25, -0.2) is 4.79 Å². The molecular formula is C18H18N2O4S. The maximum absolute atomic E-state index is 12.1. The highest BCUT2D eigenvalue weighted by molar-refractivity contribution is 7.18. The number of nitrogens with one attached hydrogen (secondary N) is 1. The van der Waals surface area contributed by atoms with Crippen molar-refractivity contribution in [3.05, 3.63) is 45.8 Å². The summed E-state index contributed by atoms with van der Waals surface area (Å²) >= 11 is 1.03. The van der Waals surface area contributed by atoms with Gasteiger partial charge in [0.1, 0.15) is 21.7 Å². The Labute approximate surface area is 150 Å². The Kier molecular flexibility index (Phi) is 6.14. The number of aryl methyl sites for hydroxylation is 1. The molecule has 0 saturated carbocycles. The van der Waals surface area contributed by atoms with Crippen LogP contribution in [0.15, 0.2) is 24.3 Å². The molecule has 0 atom stereocenters. The molecular weight excluding hydrogens is 340 g/mol. The van der Waals surface area contributed by atoms with Crippen LogP contribution in [0.1, 0.15) is 33.3 Å². The average molecular weight is 358 g/mol. The van der Waals surface area contributed by atoms with Gasteiger partial charge in [0.05, 0.1) is 12.2 Å². The van der Waals surface area contributed by atoms with Gasteiger partial charge < -0.3 is 14.8 Å². The standard InChI is InChI=1S/C18H18N2O4S/c1-4-23-18(22)16-12(3)13(9-19)17(25-16)20-15(21)10-24-14-8-6-5-7-11(14)2/h5-8H,4,10H2,1-3H3,(H,20,21). The van der Waals surface area contributed by atoms with Crippen molar-refractivity contribution in [1.29, 1.82) is 5.26 Å². The minimum Gasteiger partial charge on any atom is -0.483 e. The quantitative estimate of drug-likeness (QED) is 0.799. The van der Waals surface area contributed by atoms with Crippen molar-refractivity contribution in [1.82, 2.24) is 0 Å². The molecule has 0 bridgehead atoms. The molecule has 0 aliphatic rings. The molecule has 0 aliphatic carbocycles. The number of carbonyl (C=O) groups excluding carboxylic acids is 2. The molecule has 130 valence electrons. The Morgan fingerprint density at radius 2 is 2.00 bits per heavy atom. The number of hydrogen-bond donors (Lipinski definition) is 1. The van der Waals surface area contributed by atoms with E-state index in [9.17, 15) is 14.9 Å². The zero-order valence-electron chi connectivity index (χ0n) is 14.2. The first-order valence-electron chi connectivity index (χ1n) is 7.66. The summed E-state index contributed by atoms with van der Waals surface area (Å²) in [5.74, 6) is -0.290. The van der Waals surface area contributed by atoms with Crippen LogP contribution in [0.4, 0.5) is 5.00 Å². The Morgan fingerprint density at radius 1 is 1.28 bits per heavy atom. The molecule has 7 heteroatoms. The molecule has 1 amide bonds. The summed E-state index contributed by atoms with van der Waals surface area (Å²) in [7, 11) is 0. The molecule has 25 heavy (non-hydrogen) atoms. The summed E-state index contributed by atoms with van der Waals surface area (Å²) in [5.41, 5.74) is 1.68. The van der Waals surface area contributed by atoms with Gasteiger partial charge in [0, 0.05) is 0 Å². The SMILES string of the molecule is CCOC(=O)c1sc(NC(=O)COc2ccccc2C)c(C#N)c1C. The number of nitrogens with zero attached hydrogens (tertiary/aromatic N) is 1. The molecule has 1 heterocycles. The Hall–Kier alpha value is -2.85. The number of esters is 1. The third-order valence-electron chi connectivity index (χ3n) is 3.42. The number of nitriles is 1. The first-order chi connectivity index (χ1) is 12.0. The number of hydrogen-bond acceptors (Lipinski definition) is 6. The van der Waals surface area contributed by atoms with Crippen LogP contribution in [0, 0.1) is 25.2 Å². The van der Waals surface area contributed by atoms with Crippen LogP contribution in [0.2, 0.25) is 0 Å². The van der Waals surface area contributed by atoms with Crippen molar-refractivity contribution in [3.63, 3.8) is 0 Å². The Morgan fingerprint density at radius 3 is 2.64 bits per heavy atom. The van der Waals surface area contributed by atoms with Gasteiger partial charge in [0.25, 0.3) is 5.91 Å². The lowest BCUT2D eigenvalue weighted by atomic mass is 10.2. The van der Waals surface area contributed by atoms with Crippen molar-refractivity contribution in [2.75, 3.05) is 18.5 Å². The maximum Gasteiger partial charge on any atom is 0.348 e. The van der Waals surface area contributed by atoms with Gasteiger partial charge in [-0.15, -0.1) is 11.3 Å². The smallest absolute Gasteiger partial charge is 0.348 e. The third-order valence-corrected chi connectivity index (χ3v) is 4.61. The summed E-state index contributed by atoms with van der Waals surface area (Å²) in [6.45, 7) is 5.29. The second-order valence-corrected chi connectivity index (χ2v) is 6.22. The second-order valence-electron chi connectivity index (χ2n) is 5.19. The maximum atomic E-state index is 12.1. The zero-order chi connectivity index (χ0) is 18.4. The molecule has 6 nitrogen and oxygen atoms in total. The van der Waals surface area contributed by atoms with E-state index in [1.165, 1.54) is 0 Å². The molecule has 0 fully saturated rings. The van der Waals surface area contributed by atoms with E-state index < -0.39 is 11.9 Å². The van der Waals surface area contributed by atoms with Crippen molar-refractivity contribution < 1.29 is 19.1 Å². The molecule has 1 N–H and O–H groups in total. The minimum atomic E-state index is -0.502. The molecule has 0 unspecified atom stereocenters. The molecule has 0 radical (unpaired) electrons. The molecule has 2 rings (SSSR count). The number of ether oxygens (including phenoxy) is 2. The molecule has 0 saturated heterocycles. The van der Waals surface area contributed by atoms with E-state index in [2.05, 4.69) is 5.32 Å². The summed E-state index contributed by atoms with van der Waals surface area (Å²) < 4.78 is 10.5. The largest absolute Gasteiger partial charge is 0.483 e. The van der Waals surface area contributed by atoms with Crippen molar-refractivity contribution in [2.45, 2.75) is 20.8 Å². The number of rotatable bonds is 6. The molecule has 1 aromatic carbocycles. The highest BCUT2D eigenvalue weighted by Gasteiger charge is 2.22. The fraction of sp³-hybridized carbons (Fsp3) is 0.278. The van der Waals surface area contributed by atoms with Gasteiger partial charge in [-0.3, -0.25) is 4.79 Å². The molecule has 0 spiro atoms. The zero-order valence-corrected chi connectivity index (χ0v) is 15.0. The van der Waals surface area contributed by atoms with E-state index in [1.807, 2.05) is 31.2 Å². The van der Waals surface area contributed by atoms with Gasteiger partial charge in [-0.05, 0) is 38.0 Å². The fourth-order valence-electron chi connectivity index (χ4n) is 2.15. The number of para-hydroxylation sites is 1. The number of carbonyl (C=O) groups is 2. The van der Waals surface area contributed by atoms with Crippen LogP contribution in [0.5, 0.6) is 5.75 Å². The molecule has 0 aliphatic heterocycles. The van der Waals surface area contributed by atoms with Crippen molar-refractivity contribution >= 4 is 28.2 Å². The van der Waals surface area contributed by atoms with E-state index >= 15 is 0 Å². The summed E-state index contributed by atoms with van der Waals surface area (Å²) in [4.78, 5) is 24.4. The first kappa shape index (κ1) is 18.5. The van der Waals surface area contributed by atoms with Crippen molar-refractivity contribution in [3.8, 4) is 11.8 Å². The summed E-state index contributed by atoms with van der Waals surface area (Å²) in [5, 5.41) is 12.3. The number of anilines is 1. The van der Waals surface area contributed by atoms with Gasteiger partial charge >= 0.3 is 5.97 Å². The van der Waals surface area contributed by atoms with Crippen molar-refractivity contribution in [2.24, 2.45) is 0 Å². The average Bonchev–Trinajstić information content (AvgIpc) is 2.90. The van der Waals surface area contributed by atoms with Crippen LogP contribution >= 0.6 is 11.3 Å². The highest BCUT2D eigenvalue weighted by Crippen LogP contribution is 2.33. The van der Waals surface area contributed by atoms with Crippen LogP contribution in [0.25, 0.3) is 0 Å². The summed E-state index contributed by atoms with van der Waals surface area (Å²) in [6, 6.07) is 9.38. The van der Waals surface area contributed by atoms with E-state index in [1.54, 1.807) is 19.9 Å². The van der Waals surface area contributed by atoms with Gasteiger partial charge in [-0.2, -0.15) is 5.26 Å². The Balaban J connectivity index is 2.10. The van der Waals surface area contributed by atoms with E-state index in [0.29, 0.717) is 21.2 Å². The van der Waals surface area contributed by atoms with E-state index in [0.717, 1.165) is 16.9 Å². The molecule has 2 aromatic rings. The van der Waals surface area contributed by atoms with Gasteiger partial charge in [0.2, 0.25) is 0 Å². The third kappa shape index (κ3) is 4.37. The van der Waals surface area contributed by atoms with E-state index in [-0.39, 0.29) is 18.8 Å². The number of amides is 1. The number of benzene rings is 1. The number of thiophene rings is 1. The van der Waals surface area contributed by atoms with E-state index in [4.69, 9.17) is 9.47 Å². The lowest BCUT2D eigenvalue weighted by Crippen LogP contribution is -2.20. The van der Waals surface area contributed by atoms with Crippen LogP contribution < -0.4 is 10.1 Å². The van der Waals surface area contributed by atoms with Crippen LogP contribution in [-0.2, 0) is 9.53 Å². The predicted molar refractivity (Wildman–Crippen MR) is 95.0 cm³/mol. The highest BCUT2D eigenvalue weighted by atomic mass is 32.1. The minimum absolute atomic E-state index is 0.193. The molecule has 1 aromatic heterocycles. The Bertz CT molecular complexity index is 836. The summed E-state index contributed by atoms with van der Waals surface area (Å²) in [6.07, 6.45) is 0. The normalized spacial score (nSPS) is 10.0. The monoisotopic (exact) mass is 358 g/mol. The van der Waals surface area contributed by atoms with Crippen LogP contribution in [0.3, 0.4) is 0 Å². The lowest BCUT2D eigenvalue weighted by Gasteiger charge is -2.08. The fourth-order valence-corrected chi connectivity index (χ4v) is 3.22.